The van der Waals surface area contributed by atoms with E-state index in [9.17, 15) is 30.4 Å². The van der Waals surface area contributed by atoms with E-state index in [2.05, 4.69) is 0 Å². The first-order valence-electron chi connectivity index (χ1n) is 9.71. The van der Waals surface area contributed by atoms with Crippen LogP contribution in [0.5, 0.6) is 11.5 Å². The molecule has 0 aromatic heterocycles. The smallest absolute Gasteiger partial charge is 0.252 e. The Balaban J connectivity index is 2.08. The van der Waals surface area contributed by atoms with Crippen molar-refractivity contribution in [2.45, 2.75) is 6.42 Å². The van der Waals surface area contributed by atoms with Gasteiger partial charge in [0.1, 0.15) is 23.1 Å². The predicted molar refractivity (Wildman–Crippen MR) is 136 cm³/mol. The zero-order valence-electron chi connectivity index (χ0n) is 18.3. The summed E-state index contributed by atoms with van der Waals surface area (Å²) in [6.07, 6.45) is 1.27. The number of amides is 1. The number of carbonyl (C=O) groups is 1. The normalized spacial score (nSPS) is 11.8. The fourth-order valence-electron chi connectivity index (χ4n) is 3.42. The van der Waals surface area contributed by atoms with Crippen molar-refractivity contribution in [3.63, 3.8) is 0 Å². The third-order valence-electron chi connectivity index (χ3n) is 4.65. The van der Waals surface area contributed by atoms with Gasteiger partial charge in [-0.25, -0.2) is 25.6 Å². The van der Waals surface area contributed by atoms with Gasteiger partial charge in [-0.3, -0.25) is 4.79 Å². The molecule has 2 N–H and O–H groups in total. The average Bonchev–Trinajstić information content (AvgIpc) is 2.67. The Labute approximate surface area is 214 Å². The second-order valence-corrected chi connectivity index (χ2v) is 12.7. The summed E-state index contributed by atoms with van der Waals surface area (Å²) in [5, 5.41) is 0. The molecule has 0 radical (unpaired) electrons. The highest BCUT2D eigenvalue weighted by Crippen LogP contribution is 2.33. The largest absolute Gasteiger partial charge is 0.456 e. The van der Waals surface area contributed by atoms with Crippen LogP contribution in [0.1, 0.15) is 21.5 Å². The van der Waals surface area contributed by atoms with Gasteiger partial charge in [0.2, 0.25) is 20.0 Å². The number of nitrogens with zero attached hydrogens (tertiary/aromatic N) is 1. The van der Waals surface area contributed by atoms with Crippen LogP contribution in [0, 0.1) is 15.2 Å². The molecular formula is C22H19F2IN2O6S2. The zero-order valence-corrected chi connectivity index (χ0v) is 22.1. The molecule has 0 spiro atoms. The van der Waals surface area contributed by atoms with Gasteiger partial charge < -0.3 is 10.5 Å². The van der Waals surface area contributed by atoms with Crippen molar-refractivity contribution >= 4 is 54.2 Å². The lowest BCUT2D eigenvalue weighted by atomic mass is 9.98. The van der Waals surface area contributed by atoms with E-state index >= 15 is 0 Å². The van der Waals surface area contributed by atoms with Crippen molar-refractivity contribution in [2.24, 2.45) is 5.73 Å². The number of hydrogen-bond acceptors (Lipinski definition) is 6. The molecule has 0 atom stereocenters. The van der Waals surface area contributed by atoms with Crippen LogP contribution in [0.4, 0.5) is 14.5 Å². The molecule has 13 heteroatoms. The minimum atomic E-state index is -4.22. The van der Waals surface area contributed by atoms with Crippen LogP contribution < -0.4 is 14.2 Å². The van der Waals surface area contributed by atoms with Crippen molar-refractivity contribution in [1.82, 2.24) is 0 Å². The second kappa shape index (κ2) is 10.1. The minimum Gasteiger partial charge on any atom is -0.456 e. The average molecular weight is 636 g/mol. The third-order valence-corrected chi connectivity index (χ3v) is 8.57. The summed E-state index contributed by atoms with van der Waals surface area (Å²) in [7, 11) is -8.44. The van der Waals surface area contributed by atoms with Gasteiger partial charge in [0, 0.05) is 22.1 Å². The fourth-order valence-corrected chi connectivity index (χ4v) is 6.84. The molecule has 0 fully saturated rings. The summed E-state index contributed by atoms with van der Waals surface area (Å²) < 4.78 is 83.6. The lowest BCUT2D eigenvalue weighted by Crippen LogP contribution is -2.35. The molecule has 186 valence electrons. The Hall–Kier alpha value is -2.78. The highest BCUT2D eigenvalue weighted by molar-refractivity contribution is 14.1. The summed E-state index contributed by atoms with van der Waals surface area (Å²) in [5.41, 5.74) is 5.32. The van der Waals surface area contributed by atoms with Gasteiger partial charge in [0.25, 0.3) is 5.91 Å². The first kappa shape index (κ1) is 26.8. The number of benzene rings is 3. The molecule has 0 saturated heterocycles. The molecule has 3 aromatic rings. The van der Waals surface area contributed by atoms with Crippen LogP contribution in [0.25, 0.3) is 0 Å². The number of rotatable bonds is 8. The van der Waals surface area contributed by atoms with E-state index in [0.717, 1.165) is 30.7 Å². The third kappa shape index (κ3) is 6.46. The lowest BCUT2D eigenvalue weighted by molar-refractivity contribution is 0.0997. The van der Waals surface area contributed by atoms with E-state index in [1.54, 1.807) is 6.07 Å². The fraction of sp³-hybridized carbons (Fsp3) is 0.136. The Morgan fingerprint density at radius 1 is 0.971 bits per heavy atom. The van der Waals surface area contributed by atoms with Gasteiger partial charge in [-0.1, -0.05) is 12.1 Å². The van der Waals surface area contributed by atoms with Gasteiger partial charge in [0.15, 0.2) is 0 Å². The van der Waals surface area contributed by atoms with Crippen molar-refractivity contribution < 1.29 is 35.1 Å². The summed E-state index contributed by atoms with van der Waals surface area (Å²) in [4.78, 5) is 12.3. The van der Waals surface area contributed by atoms with E-state index in [1.165, 1.54) is 30.3 Å². The van der Waals surface area contributed by atoms with E-state index in [0.29, 0.717) is 3.57 Å². The van der Waals surface area contributed by atoms with E-state index < -0.39 is 37.6 Å². The summed E-state index contributed by atoms with van der Waals surface area (Å²) in [6, 6.07) is 11.4. The maximum atomic E-state index is 14.5. The molecule has 0 heterocycles. The maximum Gasteiger partial charge on any atom is 0.252 e. The van der Waals surface area contributed by atoms with Gasteiger partial charge in [-0.2, -0.15) is 3.71 Å². The molecule has 0 unspecified atom stereocenters. The van der Waals surface area contributed by atoms with Crippen LogP contribution in [0.3, 0.4) is 0 Å². The van der Waals surface area contributed by atoms with Gasteiger partial charge >= 0.3 is 0 Å². The SMILES string of the molecule is CS(=O)(=O)N(c1cccc(Oc2cc(F)cc(Cc3ccc(I)cc3F)c2C(N)=O)c1)S(C)(=O)=O. The molecular weight excluding hydrogens is 617 g/mol. The summed E-state index contributed by atoms with van der Waals surface area (Å²) >= 11 is 1.94. The van der Waals surface area contributed by atoms with Crippen molar-refractivity contribution in [1.29, 1.82) is 0 Å². The van der Waals surface area contributed by atoms with E-state index in [1.807, 2.05) is 22.6 Å². The first-order chi connectivity index (χ1) is 16.2. The molecule has 8 nitrogen and oxygen atoms in total. The van der Waals surface area contributed by atoms with Crippen LogP contribution in [-0.2, 0) is 26.5 Å². The van der Waals surface area contributed by atoms with Crippen molar-refractivity contribution in [2.75, 3.05) is 16.2 Å². The molecule has 0 aliphatic rings. The Morgan fingerprint density at radius 3 is 2.20 bits per heavy atom. The highest BCUT2D eigenvalue weighted by Gasteiger charge is 2.28. The number of carbonyl (C=O) groups excluding carboxylic acids is 1. The molecule has 3 rings (SSSR count). The Bertz CT molecular complexity index is 1500. The zero-order chi connectivity index (χ0) is 26.1. The molecule has 3 aromatic carbocycles. The van der Waals surface area contributed by atoms with E-state index in [-0.39, 0.29) is 44.0 Å². The standard InChI is InChI=1S/C22H19F2IN2O6S2/c1-34(29,30)27(35(2,31)32)17-4-3-5-18(12-17)33-20-10-15(23)9-14(21(20)22(26)28)8-13-6-7-16(25)11-19(13)24/h3-7,9-12H,8H2,1-2H3,(H2,26,28). The second-order valence-electron chi connectivity index (χ2n) is 7.54. The van der Waals surface area contributed by atoms with Crippen LogP contribution in [-0.4, -0.2) is 35.3 Å². The van der Waals surface area contributed by atoms with Gasteiger partial charge in [-0.05, 0) is 64.0 Å². The Morgan fingerprint density at radius 2 is 1.63 bits per heavy atom. The number of primary amides is 1. The summed E-state index contributed by atoms with van der Waals surface area (Å²) in [6.45, 7) is 0. The van der Waals surface area contributed by atoms with Crippen LogP contribution >= 0.6 is 22.6 Å². The van der Waals surface area contributed by atoms with E-state index in [4.69, 9.17) is 10.5 Å². The molecule has 0 bridgehead atoms. The molecule has 0 saturated carbocycles. The summed E-state index contributed by atoms with van der Waals surface area (Å²) in [5.74, 6) is -2.71. The topological polar surface area (TPSA) is 124 Å². The molecule has 0 aliphatic carbocycles. The lowest BCUT2D eigenvalue weighted by Gasteiger charge is -2.20. The molecule has 35 heavy (non-hydrogen) atoms. The number of nitrogens with two attached hydrogens (primary N) is 1. The number of ether oxygens (including phenoxy) is 1. The van der Waals surface area contributed by atoms with Gasteiger partial charge in [0.05, 0.1) is 23.8 Å². The monoisotopic (exact) mass is 636 g/mol. The quantitative estimate of drug-likeness (QED) is 0.376. The van der Waals surface area contributed by atoms with Crippen LogP contribution in [0.2, 0.25) is 0 Å². The van der Waals surface area contributed by atoms with Crippen molar-refractivity contribution in [3.8, 4) is 11.5 Å². The highest BCUT2D eigenvalue weighted by atomic mass is 127. The number of sulfonamides is 2. The molecule has 1 amide bonds. The maximum absolute atomic E-state index is 14.5. The van der Waals surface area contributed by atoms with Gasteiger partial charge in [-0.15, -0.1) is 0 Å². The van der Waals surface area contributed by atoms with Crippen LogP contribution in [0.15, 0.2) is 54.6 Å². The number of hydrogen-bond donors (Lipinski definition) is 1. The Kier molecular flexibility index (Phi) is 7.71. The predicted octanol–water partition coefficient (Wildman–Crippen LogP) is 3.78. The number of anilines is 1. The minimum absolute atomic E-state index is 0.0673. The number of halogens is 3. The first-order valence-corrected chi connectivity index (χ1v) is 14.5. The molecule has 0 aliphatic heterocycles. The van der Waals surface area contributed by atoms with Crippen molar-refractivity contribution in [3.05, 3.63) is 86.5 Å².